The summed E-state index contributed by atoms with van der Waals surface area (Å²) in [4.78, 5) is 22.4. The topological polar surface area (TPSA) is 115 Å². The second-order valence-corrected chi connectivity index (χ2v) is 12.9. The molecular formula is C31H38F3N7O2. The van der Waals surface area contributed by atoms with E-state index in [2.05, 4.69) is 36.7 Å². The van der Waals surface area contributed by atoms with Crippen LogP contribution in [-0.2, 0) is 11.3 Å². The Morgan fingerprint density at radius 1 is 1.14 bits per heavy atom. The van der Waals surface area contributed by atoms with Crippen LogP contribution >= 0.6 is 0 Å². The molecule has 0 radical (unpaired) electrons. The number of nitrogens with zero attached hydrogens (tertiary/aromatic N) is 4. The largest absolute Gasteiger partial charge is 0.573 e. The third-order valence-corrected chi connectivity index (χ3v) is 9.94. The monoisotopic (exact) mass is 597 g/mol. The van der Waals surface area contributed by atoms with Crippen LogP contribution in [0.5, 0.6) is 5.75 Å². The van der Waals surface area contributed by atoms with Gasteiger partial charge in [0.25, 0.3) is 0 Å². The number of amides is 1. The molecule has 1 aromatic carbocycles. The molecule has 2 atom stereocenters. The highest BCUT2D eigenvalue weighted by Gasteiger charge is 2.55. The number of anilines is 2. The Morgan fingerprint density at radius 3 is 2.53 bits per heavy atom. The number of ether oxygens (including phenoxy) is 1. The molecule has 1 aromatic heterocycles. The van der Waals surface area contributed by atoms with Crippen LogP contribution < -0.4 is 20.7 Å². The van der Waals surface area contributed by atoms with Crippen molar-refractivity contribution in [1.29, 1.82) is 5.26 Å². The third-order valence-electron chi connectivity index (χ3n) is 9.94. The van der Waals surface area contributed by atoms with Crippen LogP contribution in [0.25, 0.3) is 0 Å². The number of benzene rings is 1. The van der Waals surface area contributed by atoms with Crippen molar-refractivity contribution in [2.24, 2.45) is 23.2 Å². The number of carbonyl (C=O) groups excluding carboxylic acids is 1. The van der Waals surface area contributed by atoms with E-state index in [0.717, 1.165) is 38.8 Å². The first-order chi connectivity index (χ1) is 20.6. The highest BCUT2D eigenvalue weighted by atomic mass is 19.4. The molecule has 2 unspecified atom stereocenters. The molecule has 7 rings (SSSR count). The van der Waals surface area contributed by atoms with E-state index in [0.29, 0.717) is 53.3 Å². The Morgan fingerprint density at radius 2 is 1.86 bits per heavy atom. The fourth-order valence-electron chi connectivity index (χ4n) is 8.32. The fraction of sp³-hybridized carbons (Fsp3) is 0.613. The van der Waals surface area contributed by atoms with Crippen LogP contribution in [0, 0.1) is 34.5 Å². The van der Waals surface area contributed by atoms with E-state index < -0.39 is 6.36 Å². The Bertz CT molecular complexity index is 1360. The summed E-state index contributed by atoms with van der Waals surface area (Å²) in [6, 6.07) is 9.06. The van der Waals surface area contributed by atoms with E-state index in [1.807, 2.05) is 4.90 Å². The standard InChI is InChI=1S/C31H38F3N7O2/c1-19(42)41-8-6-25(7-9-41)39-27-22-10-20-11-23(27)14-30(12-20,13-22)18-38-28-24(15-35)17-37-29(40-28)36-16-21-4-2-3-5-26(21)43-31(32,33)34/h2-5,17,20,22-23,25,27,39H,6-14,16,18H2,1H3,(H2,36,37,38,40). The third kappa shape index (κ3) is 6.66. The van der Waals surface area contributed by atoms with Gasteiger partial charge in [0.2, 0.25) is 11.9 Å². The van der Waals surface area contributed by atoms with Gasteiger partial charge in [0, 0.05) is 50.7 Å². The number of para-hydroxylation sites is 1. The lowest BCUT2D eigenvalue weighted by Gasteiger charge is -2.61. The molecule has 230 valence electrons. The van der Waals surface area contributed by atoms with Crippen molar-refractivity contribution in [2.45, 2.75) is 76.9 Å². The van der Waals surface area contributed by atoms with Gasteiger partial charge in [0.1, 0.15) is 23.2 Å². The Labute approximate surface area is 249 Å². The van der Waals surface area contributed by atoms with Gasteiger partial charge in [0.15, 0.2) is 0 Å². The molecule has 3 N–H and O–H groups in total. The highest BCUT2D eigenvalue weighted by molar-refractivity contribution is 5.73. The Balaban J connectivity index is 1.08. The van der Waals surface area contributed by atoms with E-state index in [4.69, 9.17) is 0 Å². The van der Waals surface area contributed by atoms with Crippen LogP contribution in [-0.4, -0.2) is 58.9 Å². The molecule has 5 aliphatic rings. The van der Waals surface area contributed by atoms with E-state index >= 15 is 0 Å². The summed E-state index contributed by atoms with van der Waals surface area (Å²) in [6.45, 7) is 4.05. The zero-order valence-electron chi connectivity index (χ0n) is 24.3. The van der Waals surface area contributed by atoms with Crippen molar-refractivity contribution in [1.82, 2.24) is 20.2 Å². The summed E-state index contributed by atoms with van der Waals surface area (Å²) in [5.74, 6) is 2.48. The van der Waals surface area contributed by atoms with Gasteiger partial charge in [-0.25, -0.2) is 4.98 Å². The maximum absolute atomic E-state index is 12.8. The molecule has 9 nitrogen and oxygen atoms in total. The first-order valence-corrected chi connectivity index (χ1v) is 15.2. The first-order valence-electron chi connectivity index (χ1n) is 15.2. The van der Waals surface area contributed by atoms with Crippen molar-refractivity contribution in [3.05, 3.63) is 41.6 Å². The summed E-state index contributed by atoms with van der Waals surface area (Å²) < 4.78 is 42.6. The number of aromatic nitrogens is 2. The molecule has 1 amide bonds. The van der Waals surface area contributed by atoms with Crippen molar-refractivity contribution >= 4 is 17.7 Å². The molecule has 2 aromatic rings. The maximum atomic E-state index is 12.8. The normalized spacial score (nSPS) is 28.4. The van der Waals surface area contributed by atoms with E-state index in [9.17, 15) is 23.2 Å². The zero-order valence-corrected chi connectivity index (χ0v) is 24.3. The minimum absolute atomic E-state index is 0.0226. The molecule has 1 aliphatic heterocycles. The number of hydrogen-bond acceptors (Lipinski definition) is 8. The average molecular weight is 598 g/mol. The van der Waals surface area contributed by atoms with Crippen LogP contribution in [0.3, 0.4) is 0 Å². The lowest BCUT2D eigenvalue weighted by Crippen LogP contribution is -2.62. The summed E-state index contributed by atoms with van der Waals surface area (Å²) >= 11 is 0. The first kappa shape index (κ1) is 29.5. The van der Waals surface area contributed by atoms with E-state index in [-0.39, 0.29) is 29.6 Å². The van der Waals surface area contributed by atoms with Crippen LogP contribution in [0.1, 0.15) is 63.0 Å². The van der Waals surface area contributed by atoms with Crippen molar-refractivity contribution in [3.63, 3.8) is 0 Å². The number of rotatable bonds is 9. The highest BCUT2D eigenvalue weighted by Crippen LogP contribution is 2.60. The van der Waals surface area contributed by atoms with Crippen molar-refractivity contribution in [2.75, 3.05) is 30.3 Å². The molecule has 4 aliphatic carbocycles. The van der Waals surface area contributed by atoms with Gasteiger partial charge in [0.05, 0.1) is 6.20 Å². The maximum Gasteiger partial charge on any atom is 0.573 e. The molecule has 4 bridgehead atoms. The van der Waals surface area contributed by atoms with E-state index in [1.165, 1.54) is 37.6 Å². The lowest BCUT2D eigenvalue weighted by molar-refractivity contribution is -0.274. The zero-order chi connectivity index (χ0) is 30.2. The Kier molecular flexibility index (Phi) is 8.11. The minimum Gasteiger partial charge on any atom is -0.405 e. The quantitative estimate of drug-likeness (QED) is 0.367. The Hall–Kier alpha value is -3.59. The lowest BCUT2D eigenvalue weighted by atomic mass is 9.48. The van der Waals surface area contributed by atoms with Gasteiger partial charge in [-0.05, 0) is 74.2 Å². The number of piperidine rings is 1. The summed E-state index contributed by atoms with van der Waals surface area (Å²) in [6.07, 6.45) is 4.61. The number of nitrogens with one attached hydrogen (secondary N) is 3. The van der Waals surface area contributed by atoms with Gasteiger partial charge in [-0.3, -0.25) is 4.79 Å². The predicted molar refractivity (Wildman–Crippen MR) is 154 cm³/mol. The van der Waals surface area contributed by atoms with Gasteiger partial charge < -0.3 is 25.6 Å². The molecule has 2 heterocycles. The SMILES string of the molecule is CC(=O)N1CCC(NC2C3CC4CC2CC(CNc2nc(NCc5ccccc5OC(F)(F)F)ncc2C#N)(C4)C3)CC1. The van der Waals surface area contributed by atoms with E-state index in [1.54, 1.807) is 19.1 Å². The van der Waals surface area contributed by atoms with Gasteiger partial charge in [-0.2, -0.15) is 10.2 Å². The molecule has 43 heavy (non-hydrogen) atoms. The number of nitriles is 1. The van der Waals surface area contributed by atoms with Crippen LogP contribution in [0.4, 0.5) is 24.9 Å². The van der Waals surface area contributed by atoms with Gasteiger partial charge in [-0.15, -0.1) is 13.2 Å². The van der Waals surface area contributed by atoms with Crippen LogP contribution in [0.15, 0.2) is 30.5 Å². The predicted octanol–water partition coefficient (Wildman–Crippen LogP) is 5.07. The van der Waals surface area contributed by atoms with Crippen molar-refractivity contribution in [3.8, 4) is 11.8 Å². The number of hydrogen-bond donors (Lipinski definition) is 3. The summed E-state index contributed by atoms with van der Waals surface area (Å²) in [5.41, 5.74) is 0.780. The molecule has 4 saturated carbocycles. The smallest absolute Gasteiger partial charge is 0.405 e. The second kappa shape index (κ2) is 11.8. The molecule has 1 saturated heterocycles. The number of halogens is 3. The van der Waals surface area contributed by atoms with Crippen molar-refractivity contribution < 1.29 is 22.7 Å². The average Bonchev–Trinajstić information content (AvgIpc) is 2.97. The van der Waals surface area contributed by atoms with Crippen LogP contribution in [0.2, 0.25) is 0 Å². The summed E-state index contributed by atoms with van der Waals surface area (Å²) in [7, 11) is 0. The number of likely N-dealkylation sites (tertiary alicyclic amines) is 1. The van der Waals surface area contributed by atoms with Gasteiger partial charge in [-0.1, -0.05) is 18.2 Å². The minimum atomic E-state index is -4.79. The number of carbonyl (C=O) groups is 1. The second-order valence-electron chi connectivity index (χ2n) is 12.9. The summed E-state index contributed by atoms with van der Waals surface area (Å²) in [5, 5.41) is 20.2. The molecular weight excluding hydrogens is 559 g/mol. The molecule has 0 spiro atoms. The number of alkyl halides is 3. The fourth-order valence-corrected chi connectivity index (χ4v) is 8.32. The molecule has 12 heteroatoms. The molecule has 5 fully saturated rings. The van der Waals surface area contributed by atoms with Gasteiger partial charge >= 0.3 is 6.36 Å².